The summed E-state index contributed by atoms with van der Waals surface area (Å²) in [4.78, 5) is 11.9. The fraction of sp³-hybridized carbons (Fsp3) is 0.533. The molecule has 2 amide bonds. The molecule has 0 atom stereocenters. The van der Waals surface area contributed by atoms with Gasteiger partial charge in [-0.3, -0.25) is 0 Å². The Bertz CT molecular complexity index is 490. The highest BCUT2D eigenvalue weighted by molar-refractivity contribution is 6.32. The molecule has 0 aromatic heterocycles. The van der Waals surface area contributed by atoms with Gasteiger partial charge in [0.15, 0.2) is 0 Å². The van der Waals surface area contributed by atoms with Gasteiger partial charge in [-0.15, -0.1) is 0 Å². The van der Waals surface area contributed by atoms with Gasteiger partial charge in [0.1, 0.15) is 5.75 Å². The van der Waals surface area contributed by atoms with E-state index in [4.69, 9.17) is 21.4 Å². The van der Waals surface area contributed by atoms with E-state index in [-0.39, 0.29) is 18.7 Å². The number of urea groups is 1. The minimum absolute atomic E-state index is 0.0142. The quantitative estimate of drug-likeness (QED) is 0.753. The van der Waals surface area contributed by atoms with Crippen molar-refractivity contribution in [1.82, 2.24) is 5.32 Å². The van der Waals surface area contributed by atoms with Gasteiger partial charge >= 0.3 is 6.03 Å². The van der Waals surface area contributed by atoms with Crippen LogP contribution < -0.4 is 15.4 Å². The lowest BCUT2D eigenvalue weighted by atomic mass is 10.0. The first-order valence-electron chi connectivity index (χ1n) is 6.90. The number of benzene rings is 1. The van der Waals surface area contributed by atoms with E-state index in [1.165, 1.54) is 0 Å². The summed E-state index contributed by atoms with van der Waals surface area (Å²) in [6, 6.07) is 4.73. The van der Waals surface area contributed by atoms with Crippen molar-refractivity contribution in [3.63, 3.8) is 0 Å². The number of rotatable bonds is 6. The zero-order valence-electron chi connectivity index (χ0n) is 12.9. The standard InChI is InChI=1S/C15H23ClN2O3/c1-10(2)21-13-6-5-11(9-12(13)16)17-14(20)18-15(3,4)7-8-19/h5-6,9-10,19H,7-8H2,1-4H3,(H2,17,18,20). The normalized spacial score (nSPS) is 11.4. The summed E-state index contributed by atoms with van der Waals surface area (Å²) in [6.07, 6.45) is 0.506. The summed E-state index contributed by atoms with van der Waals surface area (Å²) in [6.45, 7) is 7.53. The maximum Gasteiger partial charge on any atom is 0.319 e. The molecule has 0 spiro atoms. The summed E-state index contributed by atoms with van der Waals surface area (Å²) in [5.41, 5.74) is 0.0944. The number of halogens is 1. The Labute approximate surface area is 130 Å². The van der Waals surface area contributed by atoms with Gasteiger partial charge in [0.2, 0.25) is 0 Å². The van der Waals surface area contributed by atoms with Crippen molar-refractivity contribution in [2.24, 2.45) is 0 Å². The van der Waals surface area contributed by atoms with Crippen LogP contribution in [0.1, 0.15) is 34.1 Å². The van der Waals surface area contributed by atoms with Crippen molar-refractivity contribution < 1.29 is 14.6 Å². The lowest BCUT2D eigenvalue weighted by Crippen LogP contribution is -2.46. The number of hydrogen-bond acceptors (Lipinski definition) is 3. The van der Waals surface area contributed by atoms with E-state index in [1.807, 2.05) is 27.7 Å². The highest BCUT2D eigenvalue weighted by atomic mass is 35.5. The summed E-state index contributed by atoms with van der Waals surface area (Å²) < 4.78 is 5.53. The summed E-state index contributed by atoms with van der Waals surface area (Å²) in [5.74, 6) is 0.582. The van der Waals surface area contributed by atoms with Crippen LogP contribution >= 0.6 is 11.6 Å². The molecule has 0 radical (unpaired) electrons. The highest BCUT2D eigenvalue weighted by Crippen LogP contribution is 2.28. The molecule has 1 rings (SSSR count). The lowest BCUT2D eigenvalue weighted by molar-refractivity contribution is 0.218. The SMILES string of the molecule is CC(C)Oc1ccc(NC(=O)NC(C)(C)CCO)cc1Cl. The van der Waals surface area contributed by atoms with Gasteiger partial charge in [0.25, 0.3) is 0 Å². The molecule has 3 N–H and O–H groups in total. The monoisotopic (exact) mass is 314 g/mol. The zero-order valence-corrected chi connectivity index (χ0v) is 13.6. The van der Waals surface area contributed by atoms with Crippen LogP contribution in [0, 0.1) is 0 Å². The molecule has 5 nitrogen and oxygen atoms in total. The average molecular weight is 315 g/mol. The van der Waals surface area contributed by atoms with Crippen LogP contribution in [0.5, 0.6) is 5.75 Å². The van der Waals surface area contributed by atoms with Gasteiger partial charge in [-0.05, 0) is 52.3 Å². The first-order chi connectivity index (χ1) is 9.73. The topological polar surface area (TPSA) is 70.6 Å². The van der Waals surface area contributed by atoms with Crippen molar-refractivity contribution in [2.75, 3.05) is 11.9 Å². The Morgan fingerprint density at radius 1 is 1.43 bits per heavy atom. The third-order valence-electron chi connectivity index (χ3n) is 2.74. The first kappa shape index (κ1) is 17.6. The largest absolute Gasteiger partial charge is 0.489 e. The molecule has 0 saturated carbocycles. The van der Waals surface area contributed by atoms with E-state index in [1.54, 1.807) is 18.2 Å². The molecule has 1 aromatic rings. The van der Waals surface area contributed by atoms with Crippen LogP contribution in [0.2, 0.25) is 5.02 Å². The molecule has 118 valence electrons. The van der Waals surface area contributed by atoms with E-state index in [0.717, 1.165) is 0 Å². The fourth-order valence-electron chi connectivity index (χ4n) is 1.74. The fourth-order valence-corrected chi connectivity index (χ4v) is 1.96. The number of amides is 2. The molecule has 0 fully saturated rings. The van der Waals surface area contributed by atoms with Crippen LogP contribution in [-0.4, -0.2) is 29.4 Å². The van der Waals surface area contributed by atoms with Crippen molar-refractivity contribution in [2.45, 2.75) is 45.8 Å². The van der Waals surface area contributed by atoms with Gasteiger partial charge in [-0.1, -0.05) is 11.6 Å². The third kappa shape index (κ3) is 6.23. The molecule has 0 saturated heterocycles. The van der Waals surface area contributed by atoms with Crippen LogP contribution in [0.15, 0.2) is 18.2 Å². The predicted octanol–water partition coefficient (Wildman–Crippen LogP) is 3.41. The maximum atomic E-state index is 11.9. The Kier molecular flexibility index (Phi) is 6.30. The molecule has 21 heavy (non-hydrogen) atoms. The number of carbonyl (C=O) groups excluding carboxylic acids is 1. The number of nitrogens with one attached hydrogen (secondary N) is 2. The van der Waals surface area contributed by atoms with Crippen molar-refractivity contribution in [3.05, 3.63) is 23.2 Å². The van der Waals surface area contributed by atoms with Crippen LogP contribution in [0.25, 0.3) is 0 Å². The predicted molar refractivity (Wildman–Crippen MR) is 85.2 cm³/mol. The van der Waals surface area contributed by atoms with Crippen molar-refractivity contribution in [3.8, 4) is 5.75 Å². The average Bonchev–Trinajstić information content (AvgIpc) is 2.31. The maximum absolute atomic E-state index is 11.9. The second-order valence-electron chi connectivity index (χ2n) is 5.75. The molecule has 0 unspecified atom stereocenters. The Morgan fingerprint density at radius 2 is 2.10 bits per heavy atom. The van der Waals surface area contributed by atoms with Crippen LogP contribution in [0.3, 0.4) is 0 Å². The zero-order chi connectivity index (χ0) is 16.0. The van der Waals surface area contributed by atoms with Crippen LogP contribution in [0.4, 0.5) is 10.5 Å². The summed E-state index contributed by atoms with van der Waals surface area (Å²) >= 11 is 6.11. The smallest absolute Gasteiger partial charge is 0.319 e. The number of anilines is 1. The molecule has 0 heterocycles. The molecule has 6 heteroatoms. The molecular formula is C15H23ClN2O3. The number of aliphatic hydroxyl groups excluding tert-OH is 1. The molecule has 1 aromatic carbocycles. The number of carbonyl (C=O) groups is 1. The van der Waals surface area contributed by atoms with Crippen molar-refractivity contribution in [1.29, 1.82) is 0 Å². The Balaban J connectivity index is 2.67. The lowest BCUT2D eigenvalue weighted by Gasteiger charge is -2.25. The minimum Gasteiger partial charge on any atom is -0.489 e. The van der Waals surface area contributed by atoms with Gasteiger partial charge in [0.05, 0.1) is 11.1 Å². The van der Waals surface area contributed by atoms with E-state index >= 15 is 0 Å². The van der Waals surface area contributed by atoms with Crippen molar-refractivity contribution >= 4 is 23.3 Å². The van der Waals surface area contributed by atoms with Gasteiger partial charge in [-0.25, -0.2) is 4.79 Å². The second kappa shape index (κ2) is 7.52. The van der Waals surface area contributed by atoms with E-state index in [2.05, 4.69) is 10.6 Å². The molecule has 0 aliphatic carbocycles. The molecule has 0 bridgehead atoms. The molecule has 0 aliphatic rings. The summed E-state index contributed by atoms with van der Waals surface area (Å²) in [7, 11) is 0. The van der Waals surface area contributed by atoms with Gasteiger partial charge in [-0.2, -0.15) is 0 Å². The molecule has 0 aliphatic heterocycles. The second-order valence-corrected chi connectivity index (χ2v) is 6.16. The highest BCUT2D eigenvalue weighted by Gasteiger charge is 2.19. The van der Waals surface area contributed by atoms with Gasteiger partial charge < -0.3 is 20.5 Å². The number of hydrogen-bond donors (Lipinski definition) is 3. The van der Waals surface area contributed by atoms with E-state index in [0.29, 0.717) is 22.9 Å². The summed E-state index contributed by atoms with van der Waals surface area (Å²) in [5, 5.41) is 14.9. The Hall–Kier alpha value is -1.46. The van der Waals surface area contributed by atoms with Crippen LogP contribution in [-0.2, 0) is 0 Å². The number of aliphatic hydroxyl groups is 1. The van der Waals surface area contributed by atoms with E-state index < -0.39 is 5.54 Å². The number of ether oxygens (including phenoxy) is 1. The third-order valence-corrected chi connectivity index (χ3v) is 3.04. The van der Waals surface area contributed by atoms with Gasteiger partial charge in [0, 0.05) is 17.8 Å². The van der Waals surface area contributed by atoms with E-state index in [9.17, 15) is 4.79 Å². The first-order valence-corrected chi connectivity index (χ1v) is 7.27. The minimum atomic E-state index is -0.483. The molecular weight excluding hydrogens is 292 g/mol. The Morgan fingerprint density at radius 3 is 2.62 bits per heavy atom.